The molecule has 0 aliphatic rings. The summed E-state index contributed by atoms with van der Waals surface area (Å²) in [6.07, 6.45) is -0.0246. The van der Waals surface area contributed by atoms with Crippen molar-refractivity contribution in [2.75, 3.05) is 5.32 Å². The Kier molecular flexibility index (Phi) is 5.63. The first-order valence-electron chi connectivity index (χ1n) is 8.50. The van der Waals surface area contributed by atoms with E-state index in [1.54, 1.807) is 0 Å². The standard InChI is InChI=1S/C20H21N3O2S/c1-4-16(25-17-12-13(2)10-11-14(17)3)18(24)21-20-23-22-19(26-20)15-8-6-5-7-9-15/h5-12,16H,4H2,1-3H3,(H,21,23,24)/t16-/m1/s1. The lowest BCUT2D eigenvalue weighted by Gasteiger charge is -2.18. The molecule has 0 spiro atoms. The molecule has 0 aliphatic heterocycles. The Bertz CT molecular complexity index is 893. The number of carbonyl (C=O) groups excluding carboxylic acids is 1. The molecule has 0 saturated carbocycles. The Morgan fingerprint density at radius 3 is 2.65 bits per heavy atom. The van der Waals surface area contributed by atoms with E-state index >= 15 is 0 Å². The molecule has 0 radical (unpaired) electrons. The van der Waals surface area contributed by atoms with Crippen LogP contribution in [0.4, 0.5) is 5.13 Å². The molecule has 26 heavy (non-hydrogen) atoms. The Morgan fingerprint density at radius 2 is 1.92 bits per heavy atom. The van der Waals surface area contributed by atoms with Crippen molar-refractivity contribution < 1.29 is 9.53 Å². The number of hydrogen-bond acceptors (Lipinski definition) is 5. The highest BCUT2D eigenvalue weighted by Crippen LogP contribution is 2.26. The van der Waals surface area contributed by atoms with Crippen molar-refractivity contribution in [3.8, 4) is 16.3 Å². The van der Waals surface area contributed by atoms with Gasteiger partial charge in [-0.1, -0.05) is 60.7 Å². The van der Waals surface area contributed by atoms with Gasteiger partial charge in [0.2, 0.25) is 5.13 Å². The van der Waals surface area contributed by atoms with Gasteiger partial charge in [0.25, 0.3) is 5.91 Å². The minimum atomic E-state index is -0.584. The number of aromatic nitrogens is 2. The second-order valence-corrected chi connectivity index (χ2v) is 7.03. The van der Waals surface area contributed by atoms with Gasteiger partial charge in [-0.05, 0) is 37.5 Å². The summed E-state index contributed by atoms with van der Waals surface area (Å²) in [5, 5.41) is 12.3. The molecule has 1 heterocycles. The Balaban J connectivity index is 1.70. The highest BCUT2D eigenvalue weighted by Gasteiger charge is 2.21. The van der Waals surface area contributed by atoms with Crippen LogP contribution >= 0.6 is 11.3 Å². The number of rotatable bonds is 6. The second-order valence-electron chi connectivity index (χ2n) is 6.05. The highest BCUT2D eigenvalue weighted by atomic mass is 32.1. The van der Waals surface area contributed by atoms with Crippen molar-refractivity contribution in [3.63, 3.8) is 0 Å². The second kappa shape index (κ2) is 8.10. The maximum Gasteiger partial charge on any atom is 0.267 e. The van der Waals surface area contributed by atoms with Gasteiger partial charge in [0, 0.05) is 5.56 Å². The predicted molar refractivity (Wildman–Crippen MR) is 105 cm³/mol. The number of nitrogens with zero attached hydrogens (tertiary/aromatic N) is 2. The zero-order valence-electron chi connectivity index (χ0n) is 15.0. The van der Waals surface area contributed by atoms with Gasteiger partial charge in [-0.25, -0.2) is 0 Å². The quantitative estimate of drug-likeness (QED) is 0.690. The fraction of sp³-hybridized carbons (Fsp3) is 0.250. The van der Waals surface area contributed by atoms with Crippen molar-refractivity contribution in [1.29, 1.82) is 0 Å². The Morgan fingerprint density at radius 1 is 1.15 bits per heavy atom. The maximum atomic E-state index is 12.6. The zero-order chi connectivity index (χ0) is 18.5. The summed E-state index contributed by atoms with van der Waals surface area (Å²) in [6, 6.07) is 15.7. The molecule has 0 unspecified atom stereocenters. The first-order chi connectivity index (χ1) is 12.6. The molecule has 5 nitrogen and oxygen atoms in total. The van der Waals surface area contributed by atoms with Crippen LogP contribution < -0.4 is 10.1 Å². The number of ether oxygens (including phenoxy) is 1. The van der Waals surface area contributed by atoms with Gasteiger partial charge in [0.1, 0.15) is 10.8 Å². The number of amides is 1. The number of anilines is 1. The van der Waals surface area contributed by atoms with E-state index in [2.05, 4.69) is 15.5 Å². The van der Waals surface area contributed by atoms with Crippen LogP contribution in [-0.2, 0) is 4.79 Å². The molecule has 1 N–H and O–H groups in total. The monoisotopic (exact) mass is 367 g/mol. The van der Waals surface area contributed by atoms with Crippen molar-refractivity contribution in [1.82, 2.24) is 10.2 Å². The van der Waals surface area contributed by atoms with E-state index in [0.717, 1.165) is 27.4 Å². The van der Waals surface area contributed by atoms with Gasteiger partial charge in [0.05, 0.1) is 0 Å². The van der Waals surface area contributed by atoms with Crippen molar-refractivity contribution >= 4 is 22.4 Å². The largest absolute Gasteiger partial charge is 0.480 e. The topological polar surface area (TPSA) is 64.1 Å². The summed E-state index contributed by atoms with van der Waals surface area (Å²) in [5.41, 5.74) is 3.07. The van der Waals surface area contributed by atoms with Crippen LogP contribution in [0.15, 0.2) is 48.5 Å². The van der Waals surface area contributed by atoms with E-state index < -0.39 is 6.10 Å². The van der Waals surface area contributed by atoms with E-state index in [9.17, 15) is 4.79 Å². The highest BCUT2D eigenvalue weighted by molar-refractivity contribution is 7.18. The van der Waals surface area contributed by atoms with Gasteiger partial charge in [-0.15, -0.1) is 10.2 Å². The van der Waals surface area contributed by atoms with Crippen molar-refractivity contribution in [2.45, 2.75) is 33.3 Å². The first-order valence-corrected chi connectivity index (χ1v) is 9.32. The van der Waals surface area contributed by atoms with E-state index in [1.165, 1.54) is 11.3 Å². The predicted octanol–water partition coefficient (Wildman–Crippen LogP) is 4.62. The van der Waals surface area contributed by atoms with Crippen LogP contribution in [-0.4, -0.2) is 22.2 Å². The number of hydrogen-bond donors (Lipinski definition) is 1. The van der Waals surface area contributed by atoms with Crippen LogP contribution in [0.2, 0.25) is 0 Å². The molecule has 0 aliphatic carbocycles. The van der Waals surface area contributed by atoms with Gasteiger partial charge >= 0.3 is 0 Å². The maximum absolute atomic E-state index is 12.6. The minimum absolute atomic E-state index is 0.218. The number of aryl methyl sites for hydroxylation is 2. The van der Waals surface area contributed by atoms with Crippen LogP contribution in [0.3, 0.4) is 0 Å². The third-order valence-corrected chi connectivity index (χ3v) is 4.84. The molecule has 1 atom stereocenters. The summed E-state index contributed by atoms with van der Waals surface area (Å²) >= 11 is 1.34. The molecule has 134 valence electrons. The van der Waals surface area contributed by atoms with Gasteiger partial charge in [-0.2, -0.15) is 0 Å². The molecule has 0 bridgehead atoms. The number of carbonyl (C=O) groups is 1. The fourth-order valence-electron chi connectivity index (χ4n) is 2.47. The number of nitrogens with one attached hydrogen (secondary N) is 1. The van der Waals surface area contributed by atoms with Gasteiger partial charge < -0.3 is 4.74 Å². The summed E-state index contributed by atoms with van der Waals surface area (Å²) in [5.74, 6) is 0.512. The van der Waals surface area contributed by atoms with Crippen LogP contribution in [0.1, 0.15) is 24.5 Å². The Hall–Kier alpha value is -2.73. The third kappa shape index (κ3) is 4.26. The number of benzene rings is 2. The molecular formula is C20H21N3O2S. The lowest BCUT2D eigenvalue weighted by atomic mass is 10.1. The normalized spacial score (nSPS) is 11.8. The van der Waals surface area contributed by atoms with Gasteiger partial charge in [0.15, 0.2) is 6.10 Å². The molecule has 0 fully saturated rings. The Labute approximate surface area is 157 Å². The summed E-state index contributed by atoms with van der Waals surface area (Å²) < 4.78 is 5.95. The van der Waals surface area contributed by atoms with Gasteiger partial charge in [-0.3, -0.25) is 10.1 Å². The van der Waals surface area contributed by atoms with E-state index in [0.29, 0.717) is 11.6 Å². The average Bonchev–Trinajstić information content (AvgIpc) is 3.11. The summed E-state index contributed by atoms with van der Waals surface area (Å²) in [4.78, 5) is 12.6. The first kappa shape index (κ1) is 18.1. The van der Waals surface area contributed by atoms with Crippen LogP contribution in [0, 0.1) is 13.8 Å². The van der Waals surface area contributed by atoms with E-state index in [1.807, 2.05) is 69.3 Å². The molecule has 0 saturated heterocycles. The van der Waals surface area contributed by atoms with Crippen molar-refractivity contribution in [2.24, 2.45) is 0 Å². The smallest absolute Gasteiger partial charge is 0.267 e. The van der Waals surface area contributed by atoms with Crippen molar-refractivity contribution in [3.05, 3.63) is 59.7 Å². The zero-order valence-corrected chi connectivity index (χ0v) is 15.8. The van der Waals surface area contributed by atoms with Crippen LogP contribution in [0.5, 0.6) is 5.75 Å². The summed E-state index contributed by atoms with van der Waals surface area (Å²) in [6.45, 7) is 5.89. The fourth-order valence-corrected chi connectivity index (χ4v) is 3.22. The molecular weight excluding hydrogens is 346 g/mol. The summed E-state index contributed by atoms with van der Waals surface area (Å²) in [7, 11) is 0. The molecule has 3 rings (SSSR count). The molecule has 1 amide bonds. The molecule has 6 heteroatoms. The molecule has 2 aromatic carbocycles. The lowest BCUT2D eigenvalue weighted by Crippen LogP contribution is -2.32. The molecule has 1 aromatic heterocycles. The lowest BCUT2D eigenvalue weighted by molar-refractivity contribution is -0.122. The van der Waals surface area contributed by atoms with Crippen LogP contribution in [0.25, 0.3) is 10.6 Å². The van der Waals surface area contributed by atoms with E-state index in [4.69, 9.17) is 4.74 Å². The van der Waals surface area contributed by atoms with E-state index in [-0.39, 0.29) is 5.91 Å². The molecule has 3 aromatic rings. The third-order valence-electron chi connectivity index (χ3n) is 3.95. The SMILES string of the molecule is CC[C@@H](Oc1cc(C)ccc1C)C(=O)Nc1nnc(-c2ccccc2)s1. The average molecular weight is 367 g/mol. The minimum Gasteiger partial charge on any atom is -0.480 e.